The van der Waals surface area contributed by atoms with Crippen molar-refractivity contribution < 1.29 is 24.2 Å². The first kappa shape index (κ1) is 30.7. The van der Waals surface area contributed by atoms with Gasteiger partial charge in [-0.2, -0.15) is 0 Å². The van der Waals surface area contributed by atoms with E-state index >= 15 is 0 Å². The maximum Gasteiger partial charge on any atom is 0.253 e. The van der Waals surface area contributed by atoms with E-state index in [1.807, 2.05) is 79.7 Å². The summed E-state index contributed by atoms with van der Waals surface area (Å²) < 4.78 is 6.99. The summed E-state index contributed by atoms with van der Waals surface area (Å²) in [6.45, 7) is 11.7. The number of para-hydroxylation sites is 1. The van der Waals surface area contributed by atoms with Gasteiger partial charge in [-0.3, -0.25) is 14.4 Å². The summed E-state index contributed by atoms with van der Waals surface area (Å²) in [7, 11) is 0. The molecule has 3 aliphatic heterocycles. The summed E-state index contributed by atoms with van der Waals surface area (Å²) in [5, 5.41) is 12.4. The second-order valence-electron chi connectivity index (χ2n) is 12.5. The molecule has 6 atom stereocenters. The number of anilines is 2. The summed E-state index contributed by atoms with van der Waals surface area (Å²) in [4.78, 5) is 49.0. The standard InChI is InChI=1S/C37H41N3O5/c1-5-21-38(28-15-9-8-10-16-28)33(42)30-31-34(43)40(25(4)24-41)32(37(31)20-19-36(30,7-3)45-37)35(44)39(22-6-2)29-18-17-26-13-11-12-14-27(26)23-29/h5-6,8-18,23,25,30-32,41H,1-2,7,19-22,24H2,3-4H3/t25-,30-,31+,32?,36+,37?/m1/s1. The Balaban J connectivity index is 1.46. The van der Waals surface area contributed by atoms with Gasteiger partial charge in [-0.15, -0.1) is 13.2 Å². The van der Waals surface area contributed by atoms with E-state index < -0.39 is 35.1 Å². The predicted octanol–water partition coefficient (Wildman–Crippen LogP) is 5.11. The molecule has 3 amide bonds. The Morgan fingerprint density at radius 2 is 1.60 bits per heavy atom. The van der Waals surface area contributed by atoms with Gasteiger partial charge in [0.2, 0.25) is 11.8 Å². The van der Waals surface area contributed by atoms with Crippen LogP contribution in [-0.4, -0.2) is 70.7 Å². The molecule has 3 aromatic carbocycles. The molecule has 0 saturated carbocycles. The second-order valence-corrected chi connectivity index (χ2v) is 12.5. The number of aliphatic hydroxyl groups excluding tert-OH is 1. The zero-order chi connectivity index (χ0) is 31.9. The van der Waals surface area contributed by atoms with Crippen LogP contribution in [0.25, 0.3) is 10.8 Å². The number of aliphatic hydroxyl groups is 1. The monoisotopic (exact) mass is 607 g/mol. The van der Waals surface area contributed by atoms with Gasteiger partial charge in [-0.05, 0) is 61.2 Å². The Labute approximate surface area is 264 Å². The number of hydrogen-bond acceptors (Lipinski definition) is 5. The summed E-state index contributed by atoms with van der Waals surface area (Å²) in [6.07, 6.45) is 4.86. The molecule has 45 heavy (non-hydrogen) atoms. The fourth-order valence-electron chi connectivity index (χ4n) is 8.04. The lowest BCUT2D eigenvalue weighted by Crippen LogP contribution is -2.58. The van der Waals surface area contributed by atoms with Crippen LogP contribution in [0.4, 0.5) is 11.4 Å². The number of benzene rings is 3. The second kappa shape index (κ2) is 11.9. The number of carbonyl (C=O) groups excluding carboxylic acids is 3. The van der Waals surface area contributed by atoms with Crippen molar-refractivity contribution in [2.75, 3.05) is 29.5 Å². The van der Waals surface area contributed by atoms with Gasteiger partial charge in [-0.1, -0.05) is 67.6 Å². The first-order valence-corrected chi connectivity index (χ1v) is 15.8. The smallest absolute Gasteiger partial charge is 0.253 e. The first-order valence-electron chi connectivity index (χ1n) is 15.8. The molecule has 0 aliphatic carbocycles. The molecule has 1 N–H and O–H groups in total. The van der Waals surface area contributed by atoms with Crippen LogP contribution in [0, 0.1) is 11.8 Å². The average molecular weight is 608 g/mol. The third-order valence-corrected chi connectivity index (χ3v) is 10.1. The quantitative estimate of drug-likeness (QED) is 0.306. The van der Waals surface area contributed by atoms with E-state index in [1.165, 1.54) is 4.90 Å². The Bertz CT molecular complexity index is 1640. The van der Waals surface area contributed by atoms with Gasteiger partial charge in [0.15, 0.2) is 0 Å². The van der Waals surface area contributed by atoms with Gasteiger partial charge in [0.05, 0.1) is 30.1 Å². The van der Waals surface area contributed by atoms with Crippen molar-refractivity contribution in [1.82, 2.24) is 4.90 Å². The van der Waals surface area contributed by atoms with Crippen LogP contribution >= 0.6 is 0 Å². The molecule has 3 heterocycles. The zero-order valence-electron chi connectivity index (χ0n) is 26.0. The van der Waals surface area contributed by atoms with Crippen LogP contribution in [0.2, 0.25) is 0 Å². The molecular weight excluding hydrogens is 566 g/mol. The van der Waals surface area contributed by atoms with Gasteiger partial charge in [0, 0.05) is 24.5 Å². The maximum atomic E-state index is 14.9. The maximum absolute atomic E-state index is 14.9. The normalized spacial score (nSPS) is 27.3. The number of likely N-dealkylation sites (tertiary alicyclic amines) is 1. The van der Waals surface area contributed by atoms with Crippen LogP contribution in [-0.2, 0) is 19.1 Å². The van der Waals surface area contributed by atoms with Crippen molar-refractivity contribution in [3.05, 3.63) is 98.1 Å². The van der Waals surface area contributed by atoms with Crippen molar-refractivity contribution in [3.63, 3.8) is 0 Å². The molecule has 234 valence electrons. The molecular formula is C37H41N3O5. The molecule has 3 aliphatic rings. The van der Waals surface area contributed by atoms with Crippen LogP contribution in [0.5, 0.6) is 0 Å². The zero-order valence-corrected chi connectivity index (χ0v) is 26.0. The van der Waals surface area contributed by atoms with Crippen molar-refractivity contribution in [2.45, 2.75) is 56.4 Å². The van der Waals surface area contributed by atoms with Crippen molar-refractivity contribution >= 4 is 39.9 Å². The van der Waals surface area contributed by atoms with E-state index in [2.05, 4.69) is 13.2 Å². The lowest BCUT2D eigenvalue weighted by atomic mass is 9.64. The van der Waals surface area contributed by atoms with Crippen LogP contribution < -0.4 is 9.80 Å². The predicted molar refractivity (Wildman–Crippen MR) is 176 cm³/mol. The van der Waals surface area contributed by atoms with Gasteiger partial charge in [0.25, 0.3) is 5.91 Å². The molecule has 1 spiro atoms. The van der Waals surface area contributed by atoms with Crippen LogP contribution in [0.15, 0.2) is 98.1 Å². The number of carbonyl (C=O) groups is 3. The lowest BCUT2D eigenvalue weighted by molar-refractivity contribution is -0.149. The van der Waals surface area contributed by atoms with E-state index in [9.17, 15) is 19.5 Å². The van der Waals surface area contributed by atoms with Gasteiger partial charge >= 0.3 is 0 Å². The van der Waals surface area contributed by atoms with Crippen LogP contribution in [0.1, 0.15) is 33.1 Å². The minimum Gasteiger partial charge on any atom is -0.394 e. The lowest BCUT2D eigenvalue weighted by Gasteiger charge is -2.38. The minimum atomic E-state index is -1.22. The van der Waals surface area contributed by atoms with Crippen molar-refractivity contribution in [3.8, 4) is 0 Å². The number of amides is 3. The summed E-state index contributed by atoms with van der Waals surface area (Å²) in [5.74, 6) is -2.53. The fourth-order valence-corrected chi connectivity index (χ4v) is 8.04. The van der Waals surface area contributed by atoms with Gasteiger partial charge in [-0.25, -0.2) is 0 Å². The molecule has 3 aromatic rings. The Hall–Kier alpha value is -4.27. The minimum absolute atomic E-state index is 0.215. The molecule has 8 heteroatoms. The first-order chi connectivity index (χ1) is 21.8. The average Bonchev–Trinajstić information content (AvgIpc) is 3.68. The summed E-state index contributed by atoms with van der Waals surface area (Å²) >= 11 is 0. The number of ether oxygens (including phenoxy) is 1. The molecule has 0 aromatic heterocycles. The Morgan fingerprint density at radius 1 is 0.956 bits per heavy atom. The Morgan fingerprint density at radius 3 is 2.24 bits per heavy atom. The SMILES string of the molecule is C=CCN(C(=O)C1N([C@H](C)CO)C(=O)[C@@H]2[C@H](C(=O)N(CC=C)c3ccccc3)[C@]3(CC)CCC12O3)c1ccc2ccccc2c1. The summed E-state index contributed by atoms with van der Waals surface area (Å²) in [5.41, 5.74) is -0.738. The third kappa shape index (κ3) is 4.70. The van der Waals surface area contributed by atoms with Gasteiger partial charge in [0.1, 0.15) is 11.6 Å². The highest BCUT2D eigenvalue weighted by Crippen LogP contribution is 2.65. The van der Waals surface area contributed by atoms with E-state index in [4.69, 9.17) is 4.74 Å². The molecule has 3 fully saturated rings. The van der Waals surface area contributed by atoms with E-state index in [0.29, 0.717) is 30.6 Å². The molecule has 2 bridgehead atoms. The number of nitrogens with zero attached hydrogens (tertiary/aromatic N) is 3. The molecule has 0 radical (unpaired) electrons. The van der Waals surface area contributed by atoms with E-state index in [0.717, 1.165) is 10.8 Å². The molecule has 8 nitrogen and oxygen atoms in total. The van der Waals surface area contributed by atoms with Crippen molar-refractivity contribution in [2.24, 2.45) is 11.8 Å². The molecule has 2 unspecified atom stereocenters. The fraction of sp³-hybridized carbons (Fsp3) is 0.378. The highest BCUT2D eigenvalue weighted by molar-refractivity contribution is 6.07. The highest BCUT2D eigenvalue weighted by Gasteiger charge is 2.79. The number of rotatable bonds is 11. The molecule has 3 saturated heterocycles. The topological polar surface area (TPSA) is 90.4 Å². The largest absolute Gasteiger partial charge is 0.394 e. The van der Waals surface area contributed by atoms with Gasteiger partial charge < -0.3 is 24.5 Å². The summed E-state index contributed by atoms with van der Waals surface area (Å²) in [6, 6.07) is 21.4. The Kier molecular flexibility index (Phi) is 8.14. The highest BCUT2D eigenvalue weighted by atomic mass is 16.5. The third-order valence-electron chi connectivity index (χ3n) is 10.1. The van der Waals surface area contributed by atoms with Crippen LogP contribution in [0.3, 0.4) is 0 Å². The molecule has 6 rings (SSSR count). The van der Waals surface area contributed by atoms with E-state index in [1.54, 1.807) is 28.9 Å². The number of fused-ring (bicyclic) bond motifs is 2. The number of hydrogen-bond donors (Lipinski definition) is 1. The van der Waals surface area contributed by atoms with Crippen molar-refractivity contribution in [1.29, 1.82) is 0 Å². The van der Waals surface area contributed by atoms with E-state index in [-0.39, 0.29) is 37.4 Å².